The predicted octanol–water partition coefficient (Wildman–Crippen LogP) is 3.14. The molecule has 4 nitrogen and oxygen atoms in total. The van der Waals surface area contributed by atoms with Gasteiger partial charge in [-0.1, -0.05) is 12.1 Å². The molecule has 7 heteroatoms. The maximum Gasteiger partial charge on any atom is 0.224 e. The Morgan fingerprint density at radius 2 is 2.12 bits per heavy atom. The Bertz CT molecular complexity index is 575. The van der Waals surface area contributed by atoms with E-state index in [1.807, 2.05) is 6.07 Å². The lowest BCUT2D eigenvalue weighted by Crippen LogP contribution is -2.54. The van der Waals surface area contributed by atoms with E-state index in [1.54, 1.807) is 12.1 Å². The number of piperidine rings is 2. The van der Waals surface area contributed by atoms with Gasteiger partial charge in [-0.2, -0.15) is 0 Å². The zero-order chi connectivity index (χ0) is 16.9. The Morgan fingerprint density at radius 3 is 2.85 bits per heavy atom. The molecule has 0 saturated carbocycles. The zero-order valence-corrected chi connectivity index (χ0v) is 16.9. The summed E-state index contributed by atoms with van der Waals surface area (Å²) in [5.74, 6) is 0.0264. The molecule has 0 spiro atoms. The van der Waals surface area contributed by atoms with Crippen LogP contribution in [-0.2, 0) is 11.3 Å². The van der Waals surface area contributed by atoms with Crippen molar-refractivity contribution in [3.05, 3.63) is 35.6 Å². The lowest BCUT2D eigenvalue weighted by atomic mass is 9.94. The Morgan fingerprint density at radius 1 is 1.31 bits per heavy atom. The number of nitrogens with zero attached hydrogens (tertiary/aromatic N) is 1. The molecule has 0 aromatic heterocycles. The largest absolute Gasteiger partial charge is 0.352 e. The van der Waals surface area contributed by atoms with E-state index in [0.717, 1.165) is 50.9 Å². The summed E-state index contributed by atoms with van der Waals surface area (Å²) in [4.78, 5) is 14.9. The fraction of sp³-hybridized carbons (Fsp3) is 0.632. The molecular formula is C19H30Cl2FN3O. The van der Waals surface area contributed by atoms with Crippen molar-refractivity contribution in [2.45, 2.75) is 51.2 Å². The van der Waals surface area contributed by atoms with Crippen molar-refractivity contribution in [2.75, 3.05) is 19.6 Å². The number of likely N-dealkylation sites (tertiary alicyclic amines) is 1. The van der Waals surface area contributed by atoms with Crippen LogP contribution in [0, 0.1) is 11.7 Å². The monoisotopic (exact) mass is 405 g/mol. The maximum atomic E-state index is 13.3. The summed E-state index contributed by atoms with van der Waals surface area (Å²) in [5, 5.41) is 6.67. The highest BCUT2D eigenvalue weighted by Gasteiger charge is 2.29. The van der Waals surface area contributed by atoms with E-state index in [2.05, 4.69) is 22.5 Å². The first-order valence-corrected chi connectivity index (χ1v) is 9.12. The third kappa shape index (κ3) is 6.38. The van der Waals surface area contributed by atoms with Crippen molar-refractivity contribution in [3.8, 4) is 0 Å². The normalized spacial score (nSPS) is 26.3. The molecule has 2 heterocycles. The van der Waals surface area contributed by atoms with E-state index in [9.17, 15) is 9.18 Å². The van der Waals surface area contributed by atoms with Crippen molar-refractivity contribution in [1.82, 2.24) is 15.5 Å². The lowest BCUT2D eigenvalue weighted by molar-refractivity contribution is -0.127. The van der Waals surface area contributed by atoms with Crippen LogP contribution in [0.2, 0.25) is 0 Å². The molecule has 1 amide bonds. The van der Waals surface area contributed by atoms with Gasteiger partial charge in [0.2, 0.25) is 5.91 Å². The van der Waals surface area contributed by atoms with Crippen LogP contribution in [0.3, 0.4) is 0 Å². The molecule has 2 aliphatic heterocycles. The smallest absolute Gasteiger partial charge is 0.224 e. The van der Waals surface area contributed by atoms with Gasteiger partial charge in [0.05, 0.1) is 5.92 Å². The van der Waals surface area contributed by atoms with Crippen LogP contribution < -0.4 is 10.6 Å². The van der Waals surface area contributed by atoms with E-state index in [1.165, 1.54) is 6.07 Å². The highest BCUT2D eigenvalue weighted by Crippen LogP contribution is 2.20. The van der Waals surface area contributed by atoms with Gasteiger partial charge in [-0.25, -0.2) is 4.39 Å². The molecule has 1 aromatic rings. The fourth-order valence-corrected chi connectivity index (χ4v) is 3.85. The molecule has 3 atom stereocenters. The minimum Gasteiger partial charge on any atom is -0.352 e. The first kappa shape index (κ1) is 23.2. The zero-order valence-electron chi connectivity index (χ0n) is 15.2. The topological polar surface area (TPSA) is 44.4 Å². The molecule has 3 rings (SSSR count). The average molecular weight is 406 g/mol. The van der Waals surface area contributed by atoms with Crippen LogP contribution in [0.1, 0.15) is 38.2 Å². The highest BCUT2D eigenvalue weighted by molar-refractivity contribution is 5.85. The number of hydrogen-bond donors (Lipinski definition) is 2. The molecule has 0 bridgehead atoms. The number of carbonyl (C=O) groups excluding carboxylic acids is 1. The number of amides is 1. The number of carbonyl (C=O) groups is 1. The summed E-state index contributed by atoms with van der Waals surface area (Å²) in [6.45, 7) is 5.63. The number of halogens is 3. The summed E-state index contributed by atoms with van der Waals surface area (Å²) in [6, 6.07) is 7.33. The molecular weight excluding hydrogens is 376 g/mol. The Labute approximate surface area is 168 Å². The van der Waals surface area contributed by atoms with Gasteiger partial charge in [0.25, 0.3) is 0 Å². The quantitative estimate of drug-likeness (QED) is 0.808. The number of nitrogens with one attached hydrogen (secondary N) is 2. The van der Waals surface area contributed by atoms with Gasteiger partial charge in [0, 0.05) is 25.2 Å². The summed E-state index contributed by atoms with van der Waals surface area (Å²) in [7, 11) is 0. The minimum atomic E-state index is -0.197. The van der Waals surface area contributed by atoms with Crippen LogP contribution in [0.4, 0.5) is 4.39 Å². The molecule has 26 heavy (non-hydrogen) atoms. The summed E-state index contributed by atoms with van der Waals surface area (Å²) in [5.41, 5.74) is 0.973. The second-order valence-corrected chi connectivity index (χ2v) is 7.20. The molecule has 0 radical (unpaired) electrons. The molecule has 148 valence electrons. The van der Waals surface area contributed by atoms with E-state index in [4.69, 9.17) is 0 Å². The Balaban J connectivity index is 0.00000169. The highest BCUT2D eigenvalue weighted by atomic mass is 35.5. The van der Waals surface area contributed by atoms with Crippen molar-refractivity contribution in [1.29, 1.82) is 0 Å². The van der Waals surface area contributed by atoms with E-state index in [0.29, 0.717) is 12.6 Å². The first-order chi connectivity index (χ1) is 11.6. The minimum absolute atomic E-state index is 0. The maximum absolute atomic E-state index is 13.3. The van der Waals surface area contributed by atoms with Crippen LogP contribution in [0.25, 0.3) is 0 Å². The second kappa shape index (κ2) is 11.1. The van der Waals surface area contributed by atoms with Gasteiger partial charge in [0.15, 0.2) is 0 Å². The molecule has 2 saturated heterocycles. The van der Waals surface area contributed by atoms with Gasteiger partial charge in [-0.15, -0.1) is 24.8 Å². The van der Waals surface area contributed by atoms with Crippen LogP contribution in [0.5, 0.6) is 0 Å². The molecule has 0 aliphatic carbocycles. The van der Waals surface area contributed by atoms with Gasteiger partial charge >= 0.3 is 0 Å². The van der Waals surface area contributed by atoms with E-state index < -0.39 is 0 Å². The predicted molar refractivity (Wildman–Crippen MR) is 108 cm³/mol. The second-order valence-electron chi connectivity index (χ2n) is 7.20. The van der Waals surface area contributed by atoms with Crippen LogP contribution in [-0.4, -0.2) is 42.5 Å². The third-order valence-electron chi connectivity index (χ3n) is 5.26. The molecule has 1 aromatic carbocycles. The summed E-state index contributed by atoms with van der Waals surface area (Å²) in [6.07, 6.45) is 4.14. The van der Waals surface area contributed by atoms with Crippen molar-refractivity contribution in [3.63, 3.8) is 0 Å². The lowest BCUT2D eigenvalue weighted by Gasteiger charge is -2.35. The Kier molecular flexibility index (Phi) is 9.86. The standard InChI is InChI=1S/C19H28FN3O.2ClH/c1-14-18(8-3-9-21-14)22-19(24)16-6-4-10-23(13-16)12-15-5-2-7-17(20)11-15;;/h2,5,7,11,14,16,18,21H,3-4,6,8-10,12-13H2,1H3,(H,22,24);2*1H. The summed E-state index contributed by atoms with van der Waals surface area (Å²) >= 11 is 0. The molecule has 3 unspecified atom stereocenters. The molecule has 2 aliphatic rings. The molecule has 2 fully saturated rings. The van der Waals surface area contributed by atoms with E-state index in [-0.39, 0.29) is 48.5 Å². The van der Waals surface area contributed by atoms with Gasteiger partial charge in [0.1, 0.15) is 5.82 Å². The third-order valence-corrected chi connectivity index (χ3v) is 5.26. The van der Waals surface area contributed by atoms with Crippen LogP contribution >= 0.6 is 24.8 Å². The van der Waals surface area contributed by atoms with Crippen molar-refractivity contribution >= 4 is 30.7 Å². The fourth-order valence-electron chi connectivity index (χ4n) is 3.85. The number of rotatable bonds is 4. The molecule has 2 N–H and O–H groups in total. The number of benzene rings is 1. The van der Waals surface area contributed by atoms with Crippen LogP contribution in [0.15, 0.2) is 24.3 Å². The van der Waals surface area contributed by atoms with Crippen molar-refractivity contribution < 1.29 is 9.18 Å². The van der Waals surface area contributed by atoms with Crippen molar-refractivity contribution in [2.24, 2.45) is 5.92 Å². The summed E-state index contributed by atoms with van der Waals surface area (Å²) < 4.78 is 13.3. The SMILES string of the molecule is CC1NCCCC1NC(=O)C1CCCN(Cc2cccc(F)c2)C1.Cl.Cl. The number of hydrogen-bond acceptors (Lipinski definition) is 3. The first-order valence-electron chi connectivity index (χ1n) is 9.12. The van der Waals surface area contributed by atoms with E-state index >= 15 is 0 Å². The van der Waals surface area contributed by atoms with Gasteiger partial charge in [-0.05, 0) is 63.4 Å². The average Bonchev–Trinajstić information content (AvgIpc) is 2.57. The van der Waals surface area contributed by atoms with Gasteiger partial charge < -0.3 is 10.6 Å². The van der Waals surface area contributed by atoms with Gasteiger partial charge in [-0.3, -0.25) is 9.69 Å². The Hall–Kier alpha value is -0.880.